The summed E-state index contributed by atoms with van der Waals surface area (Å²) >= 11 is 0. The summed E-state index contributed by atoms with van der Waals surface area (Å²) in [6.45, 7) is 4.21. The Balaban J connectivity index is 2.36. The quantitative estimate of drug-likeness (QED) is 0.0147. The number of aliphatic hydroxyl groups is 5. The van der Waals surface area contributed by atoms with Crippen LogP contribution in [0, 0.1) is 0 Å². The third kappa shape index (κ3) is 32.6. The van der Waals surface area contributed by atoms with Crippen molar-refractivity contribution < 1.29 is 58.3 Å². The zero-order valence-electron chi connectivity index (χ0n) is 39.4. The summed E-state index contributed by atoms with van der Waals surface area (Å²) in [7, 11) is -5.03. The molecule has 0 bridgehead atoms. The van der Waals surface area contributed by atoms with E-state index in [1.54, 1.807) is 0 Å². The van der Waals surface area contributed by atoms with Gasteiger partial charge in [-0.3, -0.25) is 13.8 Å². The van der Waals surface area contributed by atoms with E-state index in [9.17, 15) is 39.8 Å². The molecular formula is C50H91O12P. The second-order valence-electron chi connectivity index (χ2n) is 17.3. The molecular weight excluding hydrogens is 824 g/mol. The first-order valence-electron chi connectivity index (χ1n) is 25.0. The predicted octanol–water partition coefficient (Wildman–Crippen LogP) is 10.8. The molecule has 0 aromatic carbocycles. The number of carbonyl (C=O) groups excluding carboxylic acids is 1. The molecule has 1 aliphatic carbocycles. The van der Waals surface area contributed by atoms with Crippen LogP contribution >= 0.6 is 7.82 Å². The van der Waals surface area contributed by atoms with Gasteiger partial charge in [-0.05, 0) is 77.0 Å². The molecule has 0 aromatic heterocycles. The van der Waals surface area contributed by atoms with Crippen LogP contribution in [0.5, 0.6) is 0 Å². The minimum Gasteiger partial charge on any atom is -0.457 e. The molecule has 0 amide bonds. The molecule has 63 heavy (non-hydrogen) atoms. The van der Waals surface area contributed by atoms with E-state index in [-0.39, 0.29) is 13.0 Å². The molecule has 1 saturated carbocycles. The molecule has 0 saturated heterocycles. The molecule has 1 fully saturated rings. The molecule has 6 atom stereocenters. The highest BCUT2D eigenvalue weighted by Crippen LogP contribution is 2.47. The van der Waals surface area contributed by atoms with Crippen molar-refractivity contribution in [2.45, 2.75) is 243 Å². The lowest BCUT2D eigenvalue weighted by Gasteiger charge is -2.41. The van der Waals surface area contributed by atoms with Crippen molar-refractivity contribution in [3.8, 4) is 0 Å². The number of aliphatic hydroxyl groups excluding tert-OH is 5. The van der Waals surface area contributed by atoms with Gasteiger partial charge < -0.3 is 39.9 Å². The number of hydrogen-bond donors (Lipinski definition) is 6. The second-order valence-corrected chi connectivity index (χ2v) is 18.7. The second kappa shape index (κ2) is 40.6. The first-order valence-corrected chi connectivity index (χ1v) is 26.5. The van der Waals surface area contributed by atoms with E-state index in [1.807, 2.05) is 0 Å². The van der Waals surface area contributed by atoms with Gasteiger partial charge in [-0.15, -0.1) is 0 Å². The summed E-state index contributed by atoms with van der Waals surface area (Å²) in [5.74, 6) is -0.490. The molecule has 12 nitrogen and oxygen atoms in total. The summed E-state index contributed by atoms with van der Waals surface area (Å²) in [6, 6.07) is 0. The molecule has 0 radical (unpaired) electrons. The van der Waals surface area contributed by atoms with Gasteiger partial charge in [0.2, 0.25) is 0 Å². The van der Waals surface area contributed by atoms with E-state index in [4.69, 9.17) is 18.5 Å². The summed E-state index contributed by atoms with van der Waals surface area (Å²) < 4.78 is 34.2. The molecule has 0 spiro atoms. The third-order valence-corrected chi connectivity index (χ3v) is 12.4. The molecule has 0 heterocycles. The van der Waals surface area contributed by atoms with Crippen LogP contribution in [-0.2, 0) is 27.9 Å². The summed E-state index contributed by atoms with van der Waals surface area (Å²) in [6.07, 6.45) is 37.5. The van der Waals surface area contributed by atoms with Gasteiger partial charge >= 0.3 is 13.8 Å². The SMILES string of the molecule is CCCCCCC/C=C\C/C=C\C/C=C\CCCCCCCCCOCC(COP(=O)(O)OC1C(O)C(O)C(O)C(O)C1O)OC(=O)CCCCCCC/C=C\CCCCCCC. The largest absolute Gasteiger partial charge is 0.472 e. The number of phosphoric ester groups is 1. The van der Waals surface area contributed by atoms with Crippen molar-refractivity contribution in [2.75, 3.05) is 19.8 Å². The fraction of sp³-hybridized carbons (Fsp3) is 0.820. The lowest BCUT2D eigenvalue weighted by molar-refractivity contribution is -0.220. The van der Waals surface area contributed by atoms with Crippen LogP contribution < -0.4 is 0 Å². The Morgan fingerprint density at radius 1 is 0.508 bits per heavy atom. The number of allylic oxidation sites excluding steroid dienone is 8. The zero-order chi connectivity index (χ0) is 46.2. The van der Waals surface area contributed by atoms with Crippen molar-refractivity contribution in [1.82, 2.24) is 0 Å². The lowest BCUT2D eigenvalue weighted by atomic mass is 9.85. The maximum Gasteiger partial charge on any atom is 0.472 e. The molecule has 6 unspecified atom stereocenters. The molecule has 0 aliphatic heterocycles. The van der Waals surface area contributed by atoms with Gasteiger partial charge in [0.15, 0.2) is 0 Å². The molecule has 0 aromatic rings. The Kier molecular flexibility index (Phi) is 38.2. The minimum atomic E-state index is -5.03. The van der Waals surface area contributed by atoms with E-state index in [2.05, 4.69) is 62.5 Å². The van der Waals surface area contributed by atoms with Crippen molar-refractivity contribution in [2.24, 2.45) is 0 Å². The van der Waals surface area contributed by atoms with Crippen LogP contribution in [0.15, 0.2) is 48.6 Å². The van der Waals surface area contributed by atoms with Crippen LogP contribution in [0.25, 0.3) is 0 Å². The van der Waals surface area contributed by atoms with Gasteiger partial charge in [-0.1, -0.05) is 165 Å². The fourth-order valence-corrected chi connectivity index (χ4v) is 8.39. The Hall–Kier alpha value is -1.70. The zero-order valence-corrected chi connectivity index (χ0v) is 40.3. The Morgan fingerprint density at radius 3 is 1.37 bits per heavy atom. The number of unbranched alkanes of at least 4 members (excludes halogenated alkanes) is 22. The number of esters is 1. The van der Waals surface area contributed by atoms with Gasteiger partial charge in [0, 0.05) is 13.0 Å². The normalized spacial score (nSPS) is 22.2. The number of ether oxygens (including phenoxy) is 2. The van der Waals surface area contributed by atoms with Crippen molar-refractivity contribution in [3.05, 3.63) is 48.6 Å². The van der Waals surface area contributed by atoms with Gasteiger partial charge in [0.25, 0.3) is 0 Å². The van der Waals surface area contributed by atoms with E-state index in [1.165, 1.54) is 89.9 Å². The summed E-state index contributed by atoms with van der Waals surface area (Å²) in [5.41, 5.74) is 0. The summed E-state index contributed by atoms with van der Waals surface area (Å²) in [4.78, 5) is 23.2. The van der Waals surface area contributed by atoms with Gasteiger partial charge in [-0.2, -0.15) is 0 Å². The fourth-order valence-electron chi connectivity index (χ4n) is 7.42. The van der Waals surface area contributed by atoms with Gasteiger partial charge in [0.1, 0.15) is 42.7 Å². The highest BCUT2D eigenvalue weighted by atomic mass is 31.2. The van der Waals surface area contributed by atoms with Crippen molar-refractivity contribution >= 4 is 13.8 Å². The topological polar surface area (TPSA) is 192 Å². The first-order chi connectivity index (χ1) is 30.5. The third-order valence-electron chi connectivity index (χ3n) is 11.4. The lowest BCUT2D eigenvalue weighted by Crippen LogP contribution is -2.64. The minimum absolute atomic E-state index is 0.0874. The van der Waals surface area contributed by atoms with Crippen LogP contribution in [-0.4, -0.2) is 98.9 Å². The summed E-state index contributed by atoms with van der Waals surface area (Å²) in [5, 5.41) is 50.2. The first kappa shape index (κ1) is 59.3. The van der Waals surface area contributed by atoms with Crippen LogP contribution in [0.2, 0.25) is 0 Å². The van der Waals surface area contributed by atoms with E-state index >= 15 is 0 Å². The van der Waals surface area contributed by atoms with Crippen LogP contribution in [0.3, 0.4) is 0 Å². The average molecular weight is 915 g/mol. The monoisotopic (exact) mass is 915 g/mol. The highest BCUT2D eigenvalue weighted by Gasteiger charge is 2.51. The van der Waals surface area contributed by atoms with Crippen LogP contribution in [0.4, 0.5) is 0 Å². The van der Waals surface area contributed by atoms with Crippen LogP contribution in [0.1, 0.15) is 200 Å². The standard InChI is InChI=1S/C50H91O12P/c1-3-5-7-9-11-13-15-17-19-20-21-22-23-24-25-26-28-30-32-34-36-38-40-59-41-43(42-60-63(57,58)62-50-48(55)46(53)45(52)47(54)49(50)56)61-44(51)39-37-35-33-31-29-27-18-16-14-12-10-8-6-4-2/h15-18,20-21,23-24,43,45-50,52-56H,3-14,19,22,25-42H2,1-2H3,(H,57,58)/b17-15-,18-16-,21-20-,24-23-. The maximum absolute atomic E-state index is 12.8. The molecule has 1 aliphatic rings. The number of hydrogen-bond acceptors (Lipinski definition) is 11. The Morgan fingerprint density at radius 2 is 0.889 bits per heavy atom. The van der Waals surface area contributed by atoms with Gasteiger partial charge in [0.05, 0.1) is 13.2 Å². The molecule has 1 rings (SSSR count). The number of phosphoric acid groups is 1. The van der Waals surface area contributed by atoms with E-state index < -0.39 is 63.1 Å². The molecule has 368 valence electrons. The smallest absolute Gasteiger partial charge is 0.457 e. The molecule has 13 heteroatoms. The number of carbonyl (C=O) groups is 1. The Bertz CT molecular complexity index is 1230. The van der Waals surface area contributed by atoms with E-state index in [0.717, 1.165) is 83.5 Å². The average Bonchev–Trinajstić information content (AvgIpc) is 3.27. The van der Waals surface area contributed by atoms with Gasteiger partial charge in [-0.25, -0.2) is 4.57 Å². The number of rotatable bonds is 42. The maximum atomic E-state index is 12.8. The van der Waals surface area contributed by atoms with E-state index in [0.29, 0.717) is 13.0 Å². The molecule has 6 N–H and O–H groups in total. The Labute approximate surface area is 382 Å². The van der Waals surface area contributed by atoms with Crippen molar-refractivity contribution in [3.63, 3.8) is 0 Å². The highest BCUT2D eigenvalue weighted by molar-refractivity contribution is 7.47. The van der Waals surface area contributed by atoms with Crippen molar-refractivity contribution in [1.29, 1.82) is 0 Å². The predicted molar refractivity (Wildman–Crippen MR) is 253 cm³/mol.